The zero-order valence-electron chi connectivity index (χ0n) is 24.1. The number of carbonyl (C=O) groups is 3. The van der Waals surface area contributed by atoms with Crippen molar-refractivity contribution in [3.63, 3.8) is 0 Å². The van der Waals surface area contributed by atoms with Gasteiger partial charge < -0.3 is 29.3 Å². The Morgan fingerprint density at radius 3 is 2.62 bits per heavy atom. The minimum atomic E-state index is -0.779. The Hall–Kier alpha value is -2.81. The summed E-state index contributed by atoms with van der Waals surface area (Å²) in [4.78, 5) is 42.8. The first-order valence-electron chi connectivity index (χ1n) is 14.4. The van der Waals surface area contributed by atoms with Crippen molar-refractivity contribution in [3.05, 3.63) is 29.8 Å². The van der Waals surface area contributed by atoms with Crippen LogP contribution in [0.15, 0.2) is 24.3 Å². The molecule has 0 aliphatic carbocycles. The maximum Gasteiger partial charge on any atom is 0.408 e. The van der Waals surface area contributed by atoms with E-state index in [1.54, 1.807) is 32.6 Å². The van der Waals surface area contributed by atoms with Crippen LogP contribution in [0.1, 0.15) is 78.9 Å². The van der Waals surface area contributed by atoms with Gasteiger partial charge in [0.1, 0.15) is 29.0 Å². The second kappa shape index (κ2) is 10.3. The van der Waals surface area contributed by atoms with Crippen molar-refractivity contribution in [1.29, 1.82) is 0 Å². The summed E-state index contributed by atoms with van der Waals surface area (Å²) in [7, 11) is 0. The minimum Gasteiger partial charge on any atom is -0.487 e. The van der Waals surface area contributed by atoms with E-state index >= 15 is 0 Å². The van der Waals surface area contributed by atoms with Crippen LogP contribution in [0.5, 0.6) is 5.75 Å². The minimum absolute atomic E-state index is 0.00427. The van der Waals surface area contributed by atoms with E-state index in [-0.39, 0.29) is 41.5 Å². The van der Waals surface area contributed by atoms with Gasteiger partial charge in [-0.05, 0) is 73.3 Å². The second-order valence-electron chi connectivity index (χ2n) is 13.1. The van der Waals surface area contributed by atoms with Crippen molar-refractivity contribution >= 4 is 17.9 Å². The number of alkyl carbamates (subject to hydrolysis) is 1. The van der Waals surface area contributed by atoms with Crippen LogP contribution >= 0.6 is 0 Å². The van der Waals surface area contributed by atoms with Crippen LogP contribution in [0.25, 0.3) is 0 Å². The van der Waals surface area contributed by atoms with Gasteiger partial charge in [-0.2, -0.15) is 0 Å². The van der Waals surface area contributed by atoms with Crippen LogP contribution in [0.2, 0.25) is 0 Å². The molecular formula is C30H43N3O6. The summed E-state index contributed by atoms with van der Waals surface area (Å²) in [5.41, 5.74) is 0.0893. The molecule has 1 aromatic carbocycles. The largest absolute Gasteiger partial charge is 0.487 e. The first-order chi connectivity index (χ1) is 18.3. The zero-order valence-corrected chi connectivity index (χ0v) is 24.1. The molecule has 4 aliphatic heterocycles. The van der Waals surface area contributed by atoms with E-state index in [4.69, 9.17) is 14.2 Å². The summed E-state index contributed by atoms with van der Waals surface area (Å²) in [6, 6.07) is 6.87. The van der Waals surface area contributed by atoms with Gasteiger partial charge >= 0.3 is 6.09 Å². The topological polar surface area (TPSA) is 97.4 Å². The number of hydrogen-bond donors (Lipinski definition) is 1. The third-order valence-electron chi connectivity index (χ3n) is 8.64. The maximum absolute atomic E-state index is 13.8. The van der Waals surface area contributed by atoms with Gasteiger partial charge in [-0.15, -0.1) is 0 Å². The number of likely N-dealkylation sites (tertiary alicyclic amines) is 2. The Labute approximate surface area is 231 Å². The molecule has 214 valence electrons. The highest BCUT2D eigenvalue weighted by molar-refractivity contribution is 5.91. The predicted molar refractivity (Wildman–Crippen MR) is 145 cm³/mol. The Bertz CT molecular complexity index is 1110. The van der Waals surface area contributed by atoms with Crippen molar-refractivity contribution in [2.45, 2.75) is 103 Å². The molecule has 39 heavy (non-hydrogen) atoms. The normalized spacial score (nSPS) is 30.3. The summed E-state index contributed by atoms with van der Waals surface area (Å²) < 4.78 is 18.4. The molecule has 4 heterocycles. The lowest BCUT2D eigenvalue weighted by Crippen LogP contribution is -2.58. The SMILES string of the molecule is CC(NC(=O)OC(C)(C)C)C(=O)N1CCC[C@H]1C(=O)N1CC[C@H]2O[C@H]3c4ccccc4OC(C)(C)[C@@H]3C[C@H]2C1. The van der Waals surface area contributed by atoms with Gasteiger partial charge in [0.05, 0.1) is 12.2 Å². The number of para-hydroxylation sites is 1. The van der Waals surface area contributed by atoms with Crippen molar-refractivity contribution < 1.29 is 28.6 Å². The van der Waals surface area contributed by atoms with Gasteiger partial charge in [0.25, 0.3) is 0 Å². The summed E-state index contributed by atoms with van der Waals surface area (Å²) >= 11 is 0. The fourth-order valence-electron chi connectivity index (χ4n) is 6.75. The van der Waals surface area contributed by atoms with Gasteiger partial charge in [0.15, 0.2) is 0 Å². The van der Waals surface area contributed by atoms with Crippen LogP contribution in [0.4, 0.5) is 4.79 Å². The predicted octanol–water partition coefficient (Wildman–Crippen LogP) is 4.06. The average molecular weight is 542 g/mol. The lowest BCUT2D eigenvalue weighted by atomic mass is 9.70. The molecule has 0 radical (unpaired) electrons. The highest BCUT2D eigenvalue weighted by Crippen LogP contribution is 2.52. The molecule has 0 spiro atoms. The van der Waals surface area contributed by atoms with Gasteiger partial charge in [-0.1, -0.05) is 18.2 Å². The molecule has 3 fully saturated rings. The number of benzene rings is 1. The van der Waals surface area contributed by atoms with Gasteiger partial charge in [-0.3, -0.25) is 9.59 Å². The molecule has 9 nitrogen and oxygen atoms in total. The summed E-state index contributed by atoms with van der Waals surface area (Å²) in [6.07, 6.45) is 2.55. The second-order valence-corrected chi connectivity index (χ2v) is 13.1. The lowest BCUT2D eigenvalue weighted by molar-refractivity contribution is -0.189. The molecule has 4 aliphatic rings. The number of rotatable bonds is 3. The van der Waals surface area contributed by atoms with Gasteiger partial charge in [-0.25, -0.2) is 4.79 Å². The Kier molecular flexibility index (Phi) is 7.33. The molecule has 0 bridgehead atoms. The molecular weight excluding hydrogens is 498 g/mol. The van der Waals surface area contributed by atoms with E-state index in [2.05, 4.69) is 25.2 Å². The molecule has 3 saturated heterocycles. The number of carbonyl (C=O) groups excluding carboxylic acids is 3. The molecule has 9 heteroatoms. The summed E-state index contributed by atoms with van der Waals surface area (Å²) in [5, 5.41) is 2.62. The summed E-state index contributed by atoms with van der Waals surface area (Å²) in [6.45, 7) is 13.0. The fraction of sp³-hybridized carbons (Fsp3) is 0.700. The Balaban J connectivity index is 1.23. The first kappa shape index (κ1) is 27.7. The Morgan fingerprint density at radius 2 is 1.87 bits per heavy atom. The van der Waals surface area contributed by atoms with Crippen LogP contribution in [-0.4, -0.2) is 76.7 Å². The molecule has 3 amide bonds. The van der Waals surface area contributed by atoms with Crippen LogP contribution in [0.3, 0.4) is 0 Å². The fourth-order valence-corrected chi connectivity index (χ4v) is 6.75. The third kappa shape index (κ3) is 5.60. The number of nitrogens with zero attached hydrogens (tertiary/aromatic N) is 2. The van der Waals surface area contributed by atoms with E-state index in [0.717, 1.165) is 30.6 Å². The van der Waals surface area contributed by atoms with Crippen molar-refractivity contribution in [1.82, 2.24) is 15.1 Å². The average Bonchev–Trinajstić information content (AvgIpc) is 3.35. The highest BCUT2D eigenvalue weighted by atomic mass is 16.6. The molecule has 6 atom stereocenters. The summed E-state index contributed by atoms with van der Waals surface area (Å²) in [5.74, 6) is 1.05. The Morgan fingerprint density at radius 1 is 1.13 bits per heavy atom. The monoisotopic (exact) mass is 541 g/mol. The van der Waals surface area contributed by atoms with E-state index in [1.165, 1.54) is 0 Å². The molecule has 1 unspecified atom stereocenters. The number of fused-ring (bicyclic) bond motifs is 4. The number of piperidine rings is 1. The zero-order chi connectivity index (χ0) is 28.1. The molecule has 1 N–H and O–H groups in total. The van der Waals surface area contributed by atoms with Crippen LogP contribution < -0.4 is 10.1 Å². The van der Waals surface area contributed by atoms with Gasteiger partial charge in [0.2, 0.25) is 11.8 Å². The lowest BCUT2D eigenvalue weighted by Gasteiger charge is -2.53. The van der Waals surface area contributed by atoms with Crippen LogP contribution in [0, 0.1) is 11.8 Å². The standard InChI is InChI=1S/C30H43N3O6/c1-18(31-28(36)39-29(2,3)4)26(34)33-14-9-11-22(33)27(35)32-15-13-23-19(17-32)16-21-25(37-23)20-10-7-8-12-24(20)38-30(21,5)6/h7-8,10,12,18-19,21-23,25H,9,11,13-17H2,1-6H3,(H,31,36)/t18?,19-,21+,22-,23+,25-/m0/s1. The van der Waals surface area contributed by atoms with Crippen molar-refractivity contribution in [2.24, 2.45) is 11.8 Å². The molecule has 5 rings (SSSR count). The highest BCUT2D eigenvalue weighted by Gasteiger charge is 2.52. The van der Waals surface area contributed by atoms with Gasteiger partial charge in [0, 0.05) is 37.0 Å². The molecule has 0 saturated carbocycles. The van der Waals surface area contributed by atoms with Crippen molar-refractivity contribution in [2.75, 3.05) is 19.6 Å². The third-order valence-corrected chi connectivity index (χ3v) is 8.64. The number of hydrogen-bond acceptors (Lipinski definition) is 6. The molecule has 1 aromatic rings. The maximum atomic E-state index is 13.8. The molecule has 0 aromatic heterocycles. The number of nitrogens with one attached hydrogen (secondary N) is 1. The van der Waals surface area contributed by atoms with E-state index in [1.807, 2.05) is 23.1 Å². The number of amides is 3. The first-order valence-corrected chi connectivity index (χ1v) is 14.4. The van der Waals surface area contributed by atoms with Crippen molar-refractivity contribution in [3.8, 4) is 5.75 Å². The smallest absolute Gasteiger partial charge is 0.408 e. The van der Waals surface area contributed by atoms with E-state index in [9.17, 15) is 14.4 Å². The van der Waals surface area contributed by atoms with Crippen LogP contribution in [-0.2, 0) is 19.1 Å². The quantitative estimate of drug-likeness (QED) is 0.620. The van der Waals surface area contributed by atoms with E-state index < -0.39 is 23.8 Å². The van der Waals surface area contributed by atoms with E-state index in [0.29, 0.717) is 26.1 Å². The number of ether oxygens (including phenoxy) is 3.